The van der Waals surface area contributed by atoms with Gasteiger partial charge in [0.1, 0.15) is 0 Å². The molecule has 1 unspecified atom stereocenters. The van der Waals surface area contributed by atoms with Gasteiger partial charge >= 0.3 is 6.18 Å². The number of alkyl halides is 3. The molecule has 0 heterocycles. The Morgan fingerprint density at radius 1 is 1.35 bits per heavy atom. The van der Waals surface area contributed by atoms with E-state index in [9.17, 15) is 18.0 Å². The van der Waals surface area contributed by atoms with Gasteiger partial charge in [-0.25, -0.2) is 0 Å². The average molecular weight is 245 g/mol. The number of halogens is 3. The first-order valence-electron chi connectivity index (χ1n) is 5.27. The van der Waals surface area contributed by atoms with Crippen LogP contribution in [0, 0.1) is 0 Å². The maximum absolute atomic E-state index is 12.6. The van der Waals surface area contributed by atoms with Crippen molar-refractivity contribution in [2.45, 2.75) is 32.0 Å². The fourth-order valence-corrected chi connectivity index (χ4v) is 1.47. The normalized spacial score (nSPS) is 13.5. The molecule has 1 rings (SSSR count). The molecule has 94 valence electrons. The highest BCUT2D eigenvalue weighted by Gasteiger charge is 2.34. The lowest BCUT2D eigenvalue weighted by Gasteiger charge is -2.12. The SMILES string of the molecule is CC(N)CCC(=O)c1ccccc1C(F)(F)F. The summed E-state index contributed by atoms with van der Waals surface area (Å²) in [4.78, 5) is 11.7. The van der Waals surface area contributed by atoms with Crippen molar-refractivity contribution in [3.8, 4) is 0 Å². The van der Waals surface area contributed by atoms with Crippen molar-refractivity contribution in [1.82, 2.24) is 0 Å². The van der Waals surface area contributed by atoms with Crippen molar-refractivity contribution in [2.24, 2.45) is 5.73 Å². The summed E-state index contributed by atoms with van der Waals surface area (Å²) in [5, 5.41) is 0. The molecule has 0 saturated carbocycles. The van der Waals surface area contributed by atoms with E-state index < -0.39 is 17.5 Å². The van der Waals surface area contributed by atoms with Crippen LogP contribution in [-0.4, -0.2) is 11.8 Å². The summed E-state index contributed by atoms with van der Waals surface area (Å²) < 4.78 is 37.9. The van der Waals surface area contributed by atoms with Gasteiger partial charge in [-0.3, -0.25) is 4.79 Å². The third-order valence-corrected chi connectivity index (χ3v) is 2.36. The Kier molecular flexibility index (Phi) is 4.28. The largest absolute Gasteiger partial charge is 0.417 e. The summed E-state index contributed by atoms with van der Waals surface area (Å²) in [6.07, 6.45) is -4.09. The smallest absolute Gasteiger partial charge is 0.328 e. The first-order valence-corrected chi connectivity index (χ1v) is 5.27. The van der Waals surface area contributed by atoms with Crippen LogP contribution in [0.3, 0.4) is 0 Å². The molecule has 0 aromatic heterocycles. The minimum Gasteiger partial charge on any atom is -0.328 e. The van der Waals surface area contributed by atoms with Gasteiger partial charge in [-0.05, 0) is 19.4 Å². The molecule has 2 nitrogen and oxygen atoms in total. The van der Waals surface area contributed by atoms with Gasteiger partial charge in [0.15, 0.2) is 5.78 Å². The van der Waals surface area contributed by atoms with Gasteiger partial charge in [0.25, 0.3) is 0 Å². The van der Waals surface area contributed by atoms with Crippen molar-refractivity contribution in [2.75, 3.05) is 0 Å². The second-order valence-electron chi connectivity index (χ2n) is 3.98. The average Bonchev–Trinajstić information content (AvgIpc) is 2.24. The molecule has 0 bridgehead atoms. The maximum atomic E-state index is 12.6. The van der Waals surface area contributed by atoms with E-state index in [1.807, 2.05) is 0 Å². The summed E-state index contributed by atoms with van der Waals surface area (Å²) in [5.74, 6) is -0.518. The van der Waals surface area contributed by atoms with Gasteiger partial charge in [0, 0.05) is 18.0 Å². The topological polar surface area (TPSA) is 43.1 Å². The van der Waals surface area contributed by atoms with E-state index in [1.54, 1.807) is 6.92 Å². The lowest BCUT2D eigenvalue weighted by molar-refractivity contribution is -0.137. The fraction of sp³-hybridized carbons (Fsp3) is 0.417. The number of Topliss-reactive ketones (excluding diaryl/α,β-unsaturated/α-hetero) is 1. The summed E-state index contributed by atoms with van der Waals surface area (Å²) in [7, 11) is 0. The molecule has 0 amide bonds. The van der Waals surface area contributed by atoms with Crippen LogP contribution in [0.15, 0.2) is 24.3 Å². The zero-order valence-corrected chi connectivity index (χ0v) is 9.42. The van der Waals surface area contributed by atoms with Crippen molar-refractivity contribution < 1.29 is 18.0 Å². The molecule has 1 aromatic rings. The quantitative estimate of drug-likeness (QED) is 0.828. The number of ketones is 1. The van der Waals surface area contributed by atoms with E-state index in [2.05, 4.69) is 0 Å². The number of nitrogens with two attached hydrogens (primary N) is 1. The van der Waals surface area contributed by atoms with Gasteiger partial charge in [-0.15, -0.1) is 0 Å². The fourth-order valence-electron chi connectivity index (χ4n) is 1.47. The molecule has 0 aliphatic heterocycles. The summed E-state index contributed by atoms with van der Waals surface area (Å²) in [5.41, 5.74) is 4.31. The highest BCUT2D eigenvalue weighted by Crippen LogP contribution is 2.32. The Morgan fingerprint density at radius 3 is 2.47 bits per heavy atom. The third kappa shape index (κ3) is 3.85. The van der Waals surface area contributed by atoms with E-state index in [4.69, 9.17) is 5.73 Å². The molecule has 0 saturated heterocycles. The molecule has 1 aromatic carbocycles. The van der Waals surface area contributed by atoms with Crippen LogP contribution >= 0.6 is 0 Å². The molecule has 0 aliphatic rings. The van der Waals surface area contributed by atoms with Crippen LogP contribution in [0.5, 0.6) is 0 Å². The minimum atomic E-state index is -4.50. The molecule has 0 radical (unpaired) electrons. The molecule has 0 spiro atoms. The molecule has 2 N–H and O–H groups in total. The van der Waals surface area contributed by atoms with Crippen molar-refractivity contribution in [1.29, 1.82) is 0 Å². The predicted molar refractivity (Wildman–Crippen MR) is 58.7 cm³/mol. The molecule has 17 heavy (non-hydrogen) atoms. The second kappa shape index (κ2) is 5.31. The number of rotatable bonds is 4. The first-order chi connectivity index (χ1) is 7.82. The molecular weight excluding hydrogens is 231 g/mol. The Labute approximate surface area is 97.6 Å². The Bertz CT molecular complexity index is 399. The third-order valence-electron chi connectivity index (χ3n) is 2.36. The zero-order chi connectivity index (χ0) is 13.1. The van der Waals surface area contributed by atoms with Crippen LogP contribution in [-0.2, 0) is 6.18 Å². The first kappa shape index (κ1) is 13.7. The van der Waals surface area contributed by atoms with E-state index in [-0.39, 0.29) is 18.0 Å². The highest BCUT2D eigenvalue weighted by atomic mass is 19.4. The number of carbonyl (C=O) groups is 1. The lowest BCUT2D eigenvalue weighted by atomic mass is 9.99. The van der Waals surface area contributed by atoms with E-state index in [0.717, 1.165) is 6.07 Å². The van der Waals surface area contributed by atoms with Gasteiger partial charge in [-0.2, -0.15) is 13.2 Å². The van der Waals surface area contributed by atoms with E-state index in [0.29, 0.717) is 6.42 Å². The van der Waals surface area contributed by atoms with Gasteiger partial charge < -0.3 is 5.73 Å². The van der Waals surface area contributed by atoms with Gasteiger partial charge in [0.2, 0.25) is 0 Å². The van der Waals surface area contributed by atoms with E-state index in [1.165, 1.54) is 18.2 Å². The monoisotopic (exact) mass is 245 g/mol. The minimum absolute atomic E-state index is 0.0325. The Hall–Kier alpha value is -1.36. The lowest BCUT2D eigenvalue weighted by Crippen LogP contribution is -2.18. The molecule has 0 aliphatic carbocycles. The predicted octanol–water partition coefficient (Wildman–Crippen LogP) is 3.02. The van der Waals surface area contributed by atoms with Crippen LogP contribution in [0.25, 0.3) is 0 Å². The highest BCUT2D eigenvalue weighted by molar-refractivity contribution is 5.97. The van der Waals surface area contributed by atoms with E-state index >= 15 is 0 Å². The van der Waals surface area contributed by atoms with Crippen molar-refractivity contribution in [3.05, 3.63) is 35.4 Å². The maximum Gasteiger partial charge on any atom is 0.417 e. The van der Waals surface area contributed by atoms with Crippen molar-refractivity contribution in [3.63, 3.8) is 0 Å². The molecule has 0 fully saturated rings. The van der Waals surface area contributed by atoms with Crippen LogP contribution < -0.4 is 5.73 Å². The zero-order valence-electron chi connectivity index (χ0n) is 9.42. The Morgan fingerprint density at radius 2 is 1.94 bits per heavy atom. The molecule has 1 atom stereocenters. The number of hydrogen-bond acceptors (Lipinski definition) is 2. The number of benzene rings is 1. The Balaban J connectivity index is 2.94. The summed E-state index contributed by atoms with van der Waals surface area (Å²) >= 11 is 0. The molecule has 5 heteroatoms. The molecular formula is C12H14F3NO. The van der Waals surface area contributed by atoms with Crippen LogP contribution in [0.1, 0.15) is 35.7 Å². The summed E-state index contributed by atoms with van der Waals surface area (Å²) in [6.45, 7) is 1.71. The summed E-state index contributed by atoms with van der Waals surface area (Å²) in [6, 6.07) is 4.61. The van der Waals surface area contributed by atoms with Gasteiger partial charge in [-0.1, -0.05) is 18.2 Å². The van der Waals surface area contributed by atoms with Crippen LogP contribution in [0.4, 0.5) is 13.2 Å². The second-order valence-corrected chi connectivity index (χ2v) is 3.98. The number of carbonyl (C=O) groups excluding carboxylic acids is 1. The number of hydrogen-bond donors (Lipinski definition) is 1. The standard InChI is InChI=1S/C12H14F3NO/c1-8(16)6-7-11(17)9-4-2-3-5-10(9)12(13,14)15/h2-5,8H,6-7,16H2,1H3. The van der Waals surface area contributed by atoms with Crippen LogP contribution in [0.2, 0.25) is 0 Å². The van der Waals surface area contributed by atoms with Gasteiger partial charge in [0.05, 0.1) is 5.56 Å². The van der Waals surface area contributed by atoms with Crippen molar-refractivity contribution >= 4 is 5.78 Å².